The average molecular weight is 439 g/mol. The lowest BCUT2D eigenvalue weighted by Gasteiger charge is -2.27. The Morgan fingerprint density at radius 2 is 1.86 bits per heavy atom. The van der Waals surface area contributed by atoms with Crippen LogP contribution in [-0.2, 0) is 21.2 Å². The van der Waals surface area contributed by atoms with Crippen molar-refractivity contribution in [1.82, 2.24) is 9.62 Å². The van der Waals surface area contributed by atoms with Crippen molar-refractivity contribution in [3.05, 3.63) is 58.6 Å². The molecule has 1 aliphatic heterocycles. The van der Waals surface area contributed by atoms with Gasteiger partial charge in [-0.25, -0.2) is 13.1 Å². The molecule has 9 heteroatoms. The Labute approximate surface area is 175 Å². The van der Waals surface area contributed by atoms with Crippen LogP contribution in [0.25, 0.3) is 0 Å². The summed E-state index contributed by atoms with van der Waals surface area (Å²) in [7, 11) is -2.33. The van der Waals surface area contributed by atoms with Crippen LogP contribution < -0.4 is 9.46 Å². The van der Waals surface area contributed by atoms with Crippen LogP contribution >= 0.6 is 11.6 Å². The Balaban J connectivity index is 1.74. The number of amides is 1. The number of methoxy groups -OCH3 is 1. The molecule has 0 saturated carbocycles. The van der Waals surface area contributed by atoms with Crippen molar-refractivity contribution in [2.45, 2.75) is 11.3 Å². The number of carbonyl (C=O) groups excluding carboxylic acids is 1. The minimum Gasteiger partial charge on any atom is -0.496 e. The van der Waals surface area contributed by atoms with Gasteiger partial charge in [0.25, 0.3) is 5.91 Å². The minimum atomic E-state index is -3.78. The predicted molar refractivity (Wildman–Crippen MR) is 110 cm³/mol. The Bertz CT molecular complexity index is 957. The molecule has 0 radical (unpaired) electrons. The van der Waals surface area contributed by atoms with Crippen molar-refractivity contribution in [1.29, 1.82) is 0 Å². The highest BCUT2D eigenvalue weighted by Crippen LogP contribution is 2.24. The van der Waals surface area contributed by atoms with Gasteiger partial charge in [0.15, 0.2) is 0 Å². The van der Waals surface area contributed by atoms with Gasteiger partial charge in [-0.2, -0.15) is 0 Å². The first kappa shape index (κ1) is 21.6. The molecular weight excluding hydrogens is 416 g/mol. The summed E-state index contributed by atoms with van der Waals surface area (Å²) in [5.74, 6) is 0.0602. The standard InChI is InChI=1S/C20H23ClN2O5S/c1-27-19-7-6-17(14-18(19)20(24)23-10-12-28-13-11-23)29(25,26)22-9-8-15-2-4-16(21)5-3-15/h2-7,14,22H,8-13H2,1H3. The van der Waals surface area contributed by atoms with Crippen molar-refractivity contribution < 1.29 is 22.7 Å². The maximum absolute atomic E-state index is 12.8. The predicted octanol–water partition coefficient (Wildman–Crippen LogP) is 2.34. The molecular formula is C20H23ClN2O5S. The zero-order chi connectivity index (χ0) is 20.9. The second-order valence-corrected chi connectivity index (χ2v) is 8.74. The van der Waals surface area contributed by atoms with Crippen LogP contribution in [0.1, 0.15) is 15.9 Å². The van der Waals surface area contributed by atoms with Crippen molar-refractivity contribution in [3.63, 3.8) is 0 Å². The monoisotopic (exact) mass is 438 g/mol. The Morgan fingerprint density at radius 3 is 2.52 bits per heavy atom. The number of carbonyl (C=O) groups is 1. The first-order valence-corrected chi connectivity index (χ1v) is 11.1. The lowest BCUT2D eigenvalue weighted by Crippen LogP contribution is -2.40. The molecule has 1 amide bonds. The lowest BCUT2D eigenvalue weighted by atomic mass is 10.1. The van der Waals surface area contributed by atoms with Crippen LogP contribution in [0, 0.1) is 0 Å². The first-order chi connectivity index (χ1) is 13.9. The van der Waals surface area contributed by atoms with Crippen LogP contribution in [0.2, 0.25) is 5.02 Å². The Hall–Kier alpha value is -2.13. The molecule has 1 saturated heterocycles. The summed E-state index contributed by atoms with van der Waals surface area (Å²) in [5, 5.41) is 0.630. The van der Waals surface area contributed by atoms with E-state index in [0.29, 0.717) is 43.5 Å². The van der Waals surface area contributed by atoms with Crippen molar-refractivity contribution in [3.8, 4) is 5.75 Å². The number of rotatable bonds is 7. The van der Waals surface area contributed by atoms with Gasteiger partial charge in [0.05, 0.1) is 30.8 Å². The van der Waals surface area contributed by atoms with Gasteiger partial charge >= 0.3 is 0 Å². The molecule has 1 fully saturated rings. The number of ether oxygens (including phenoxy) is 2. The molecule has 0 aliphatic carbocycles. The van der Waals surface area contributed by atoms with Crippen molar-refractivity contribution in [2.75, 3.05) is 40.0 Å². The van der Waals surface area contributed by atoms with Gasteiger partial charge in [-0.1, -0.05) is 23.7 Å². The van der Waals surface area contributed by atoms with Gasteiger partial charge in [-0.3, -0.25) is 4.79 Å². The summed E-state index contributed by atoms with van der Waals surface area (Å²) < 4.78 is 38.5. The van der Waals surface area contributed by atoms with E-state index in [1.807, 2.05) is 12.1 Å². The molecule has 0 bridgehead atoms. The summed E-state index contributed by atoms with van der Waals surface area (Å²) in [6, 6.07) is 11.5. The van der Waals surface area contributed by atoms with Gasteiger partial charge < -0.3 is 14.4 Å². The van der Waals surface area contributed by atoms with Gasteiger partial charge in [0.1, 0.15) is 5.75 Å². The quantitative estimate of drug-likeness (QED) is 0.717. The molecule has 1 aliphatic rings. The number of benzene rings is 2. The van der Waals surface area contributed by atoms with E-state index in [9.17, 15) is 13.2 Å². The minimum absolute atomic E-state index is 0.0195. The third-order valence-corrected chi connectivity index (χ3v) is 6.34. The summed E-state index contributed by atoms with van der Waals surface area (Å²) in [4.78, 5) is 14.5. The smallest absolute Gasteiger partial charge is 0.257 e. The van der Waals surface area contributed by atoms with E-state index in [1.54, 1.807) is 17.0 Å². The molecule has 1 N–H and O–H groups in total. The normalized spacial score (nSPS) is 14.6. The van der Waals surface area contributed by atoms with Gasteiger partial charge in [-0.05, 0) is 42.3 Å². The fourth-order valence-electron chi connectivity index (χ4n) is 3.02. The van der Waals surface area contributed by atoms with E-state index in [4.69, 9.17) is 21.1 Å². The number of halogens is 1. The van der Waals surface area contributed by atoms with Crippen LogP contribution in [0.4, 0.5) is 0 Å². The maximum Gasteiger partial charge on any atom is 0.257 e. The third-order valence-electron chi connectivity index (χ3n) is 4.63. The first-order valence-electron chi connectivity index (χ1n) is 9.20. The number of nitrogens with zero attached hydrogens (tertiary/aromatic N) is 1. The topological polar surface area (TPSA) is 84.9 Å². The maximum atomic E-state index is 12.8. The largest absolute Gasteiger partial charge is 0.496 e. The van der Waals surface area contributed by atoms with E-state index < -0.39 is 10.0 Å². The van der Waals surface area contributed by atoms with Gasteiger partial charge in [0.2, 0.25) is 10.0 Å². The van der Waals surface area contributed by atoms with Crippen molar-refractivity contribution >= 4 is 27.5 Å². The van der Waals surface area contributed by atoms with Crippen LogP contribution in [0.5, 0.6) is 5.75 Å². The number of nitrogens with one attached hydrogen (secondary N) is 1. The Morgan fingerprint density at radius 1 is 1.17 bits per heavy atom. The zero-order valence-corrected chi connectivity index (χ0v) is 17.6. The number of hydrogen-bond donors (Lipinski definition) is 1. The SMILES string of the molecule is COc1ccc(S(=O)(=O)NCCc2ccc(Cl)cc2)cc1C(=O)N1CCOCC1. The zero-order valence-electron chi connectivity index (χ0n) is 16.1. The summed E-state index contributed by atoms with van der Waals surface area (Å²) >= 11 is 5.86. The van der Waals surface area contributed by atoms with Crippen molar-refractivity contribution in [2.24, 2.45) is 0 Å². The van der Waals surface area contributed by atoms with E-state index in [-0.39, 0.29) is 22.9 Å². The summed E-state index contributed by atoms with van der Waals surface area (Å²) in [5.41, 5.74) is 1.19. The average Bonchev–Trinajstić information content (AvgIpc) is 2.74. The molecule has 2 aromatic rings. The van der Waals surface area contributed by atoms with Gasteiger partial charge in [-0.15, -0.1) is 0 Å². The molecule has 3 rings (SSSR count). The van der Waals surface area contributed by atoms with E-state index in [0.717, 1.165) is 5.56 Å². The highest BCUT2D eigenvalue weighted by Gasteiger charge is 2.24. The summed E-state index contributed by atoms with van der Waals surface area (Å²) in [6.07, 6.45) is 0.520. The molecule has 29 heavy (non-hydrogen) atoms. The molecule has 0 aromatic heterocycles. The Kier molecular flexibility index (Phi) is 7.13. The molecule has 2 aromatic carbocycles. The highest BCUT2D eigenvalue weighted by atomic mass is 35.5. The van der Waals surface area contributed by atoms with Crippen LogP contribution in [0.15, 0.2) is 47.4 Å². The van der Waals surface area contributed by atoms with E-state index in [1.165, 1.54) is 25.3 Å². The fourth-order valence-corrected chi connectivity index (χ4v) is 4.21. The second-order valence-electron chi connectivity index (χ2n) is 6.54. The number of hydrogen-bond acceptors (Lipinski definition) is 5. The lowest BCUT2D eigenvalue weighted by molar-refractivity contribution is 0.0300. The molecule has 1 heterocycles. The molecule has 7 nitrogen and oxygen atoms in total. The number of morpholine rings is 1. The molecule has 156 valence electrons. The van der Waals surface area contributed by atoms with E-state index in [2.05, 4.69) is 4.72 Å². The van der Waals surface area contributed by atoms with Gasteiger partial charge in [0, 0.05) is 24.7 Å². The second kappa shape index (κ2) is 9.58. The van der Waals surface area contributed by atoms with E-state index >= 15 is 0 Å². The van der Waals surface area contributed by atoms with Crippen LogP contribution in [-0.4, -0.2) is 59.2 Å². The molecule has 0 spiro atoms. The summed E-state index contributed by atoms with van der Waals surface area (Å²) in [6.45, 7) is 2.05. The molecule has 0 unspecified atom stereocenters. The number of sulfonamides is 1. The third kappa shape index (κ3) is 5.48. The molecule has 0 atom stereocenters. The fraction of sp³-hybridized carbons (Fsp3) is 0.350. The highest BCUT2D eigenvalue weighted by molar-refractivity contribution is 7.89. The van der Waals surface area contributed by atoms with Crippen LogP contribution in [0.3, 0.4) is 0 Å².